The van der Waals surface area contributed by atoms with Crippen molar-refractivity contribution in [3.8, 4) is 11.1 Å². The highest BCUT2D eigenvalue weighted by atomic mass is 32.2. The lowest BCUT2D eigenvalue weighted by molar-refractivity contribution is 1.22. The van der Waals surface area contributed by atoms with Gasteiger partial charge in [-0.1, -0.05) is 6.92 Å². The molecule has 0 aliphatic carbocycles. The summed E-state index contributed by atoms with van der Waals surface area (Å²) in [5.41, 5.74) is 5.56. The molecule has 0 aliphatic heterocycles. The highest BCUT2D eigenvalue weighted by Gasteiger charge is 2.11. The molecule has 2 N–H and O–H groups in total. The molecule has 3 aromatic rings. The fourth-order valence-electron chi connectivity index (χ4n) is 2.61. The van der Waals surface area contributed by atoms with Gasteiger partial charge >= 0.3 is 0 Å². The maximum atomic E-state index is 4.55. The summed E-state index contributed by atoms with van der Waals surface area (Å²) >= 11 is 1.86. The molecule has 0 radical (unpaired) electrons. The topological polar surface area (TPSA) is 40.7 Å². The highest BCUT2D eigenvalue weighted by molar-refractivity contribution is 7.99. The van der Waals surface area contributed by atoms with E-state index in [9.17, 15) is 0 Å². The van der Waals surface area contributed by atoms with Crippen LogP contribution in [0.1, 0.15) is 12.6 Å². The third-order valence-corrected chi connectivity index (χ3v) is 4.39. The molecule has 3 rings (SSSR count). The normalized spacial score (nSPS) is 11.0. The summed E-state index contributed by atoms with van der Waals surface area (Å²) in [6, 6.07) is 10.8. The first-order valence-corrected chi connectivity index (χ1v) is 8.11. The number of nitrogens with zero attached hydrogens (tertiary/aromatic N) is 1. The molecule has 0 atom stereocenters. The predicted octanol–water partition coefficient (Wildman–Crippen LogP) is 4.69. The van der Waals surface area contributed by atoms with Gasteiger partial charge in [-0.3, -0.25) is 0 Å². The molecular formula is C17H19N3S. The molecule has 0 spiro atoms. The largest absolute Gasteiger partial charge is 0.388 e. The van der Waals surface area contributed by atoms with E-state index in [4.69, 9.17) is 0 Å². The zero-order valence-corrected chi connectivity index (χ0v) is 13.3. The van der Waals surface area contributed by atoms with E-state index in [1.807, 2.05) is 31.9 Å². The minimum Gasteiger partial charge on any atom is -0.388 e. The summed E-state index contributed by atoms with van der Waals surface area (Å²) < 4.78 is 0. The number of rotatable bonds is 4. The van der Waals surface area contributed by atoms with Gasteiger partial charge in [0, 0.05) is 40.5 Å². The van der Waals surface area contributed by atoms with Gasteiger partial charge in [-0.2, -0.15) is 0 Å². The van der Waals surface area contributed by atoms with E-state index < -0.39 is 0 Å². The van der Waals surface area contributed by atoms with Crippen molar-refractivity contribution in [1.29, 1.82) is 0 Å². The summed E-state index contributed by atoms with van der Waals surface area (Å²) in [6.07, 6.45) is 1.95. The van der Waals surface area contributed by atoms with E-state index in [0.717, 1.165) is 28.2 Å². The van der Waals surface area contributed by atoms with Crippen LogP contribution in [-0.2, 0) is 0 Å². The summed E-state index contributed by atoms with van der Waals surface area (Å²) in [7, 11) is 1.97. The van der Waals surface area contributed by atoms with Crippen molar-refractivity contribution in [1.82, 2.24) is 9.97 Å². The van der Waals surface area contributed by atoms with Crippen LogP contribution in [0.3, 0.4) is 0 Å². The Kier molecular flexibility index (Phi) is 3.88. The number of nitrogens with one attached hydrogen (secondary N) is 2. The molecular weight excluding hydrogens is 278 g/mol. The van der Waals surface area contributed by atoms with Crippen molar-refractivity contribution >= 4 is 28.5 Å². The molecule has 0 fully saturated rings. The Labute approximate surface area is 129 Å². The molecule has 4 heteroatoms. The number of hydrogen-bond donors (Lipinski definition) is 2. The van der Waals surface area contributed by atoms with Crippen LogP contribution in [0.25, 0.3) is 22.2 Å². The third-order valence-electron chi connectivity index (χ3n) is 3.52. The number of fused-ring (bicyclic) bond motifs is 1. The van der Waals surface area contributed by atoms with Gasteiger partial charge in [0.2, 0.25) is 0 Å². The second kappa shape index (κ2) is 5.82. The van der Waals surface area contributed by atoms with E-state index in [1.165, 1.54) is 16.0 Å². The molecule has 0 amide bonds. The van der Waals surface area contributed by atoms with Crippen LogP contribution in [0.15, 0.2) is 41.4 Å². The smallest absolute Gasteiger partial charge is 0.138 e. The molecule has 0 saturated heterocycles. The number of thioether (sulfide) groups is 1. The third kappa shape index (κ3) is 2.63. The minimum absolute atomic E-state index is 0.945. The first-order valence-electron chi connectivity index (χ1n) is 7.12. The Morgan fingerprint density at radius 2 is 2.05 bits per heavy atom. The van der Waals surface area contributed by atoms with E-state index in [-0.39, 0.29) is 0 Å². The lowest BCUT2D eigenvalue weighted by atomic mass is 10.0. The fraction of sp³-hybridized carbons (Fsp3) is 0.235. The van der Waals surface area contributed by atoms with Crippen molar-refractivity contribution in [3.63, 3.8) is 0 Å². The Morgan fingerprint density at radius 1 is 1.19 bits per heavy atom. The number of H-pyrrole nitrogens is 1. The fourth-order valence-corrected chi connectivity index (χ4v) is 3.31. The zero-order valence-electron chi connectivity index (χ0n) is 12.5. The molecule has 21 heavy (non-hydrogen) atoms. The van der Waals surface area contributed by atoms with Gasteiger partial charge in [0.1, 0.15) is 5.65 Å². The molecule has 2 aromatic heterocycles. The maximum Gasteiger partial charge on any atom is 0.138 e. The van der Waals surface area contributed by atoms with Gasteiger partial charge in [0.15, 0.2) is 0 Å². The average Bonchev–Trinajstić information content (AvgIpc) is 2.94. The van der Waals surface area contributed by atoms with E-state index in [1.54, 1.807) is 0 Å². The van der Waals surface area contributed by atoms with Crippen LogP contribution < -0.4 is 5.32 Å². The van der Waals surface area contributed by atoms with Gasteiger partial charge in [0.25, 0.3) is 0 Å². The number of hydrogen-bond acceptors (Lipinski definition) is 3. The van der Waals surface area contributed by atoms with E-state index in [0.29, 0.717) is 0 Å². The molecule has 0 aliphatic rings. The Balaban J connectivity index is 2.25. The van der Waals surface area contributed by atoms with Crippen molar-refractivity contribution in [2.24, 2.45) is 0 Å². The second-order valence-corrected chi connectivity index (χ2v) is 6.28. The summed E-state index contributed by atoms with van der Waals surface area (Å²) in [6.45, 7) is 4.21. The van der Waals surface area contributed by atoms with Crippen LogP contribution >= 0.6 is 11.8 Å². The molecule has 0 bridgehead atoms. The summed E-state index contributed by atoms with van der Waals surface area (Å²) in [4.78, 5) is 9.06. The van der Waals surface area contributed by atoms with E-state index in [2.05, 4.69) is 52.5 Å². The van der Waals surface area contributed by atoms with E-state index >= 15 is 0 Å². The van der Waals surface area contributed by atoms with Crippen LogP contribution in [-0.4, -0.2) is 22.8 Å². The number of aryl methyl sites for hydroxylation is 1. The molecule has 1 aromatic carbocycles. The number of aromatic amines is 1. The lowest BCUT2D eigenvalue weighted by Crippen LogP contribution is -1.94. The SMILES string of the molecule is CCSc1ccc(NC)c(-c2cc(C)nc3[nH]ccc23)c1. The Bertz CT molecular complexity index is 777. The van der Waals surface area contributed by atoms with Gasteiger partial charge in [-0.25, -0.2) is 4.98 Å². The lowest BCUT2D eigenvalue weighted by Gasteiger charge is -2.13. The van der Waals surface area contributed by atoms with Crippen LogP contribution in [0.5, 0.6) is 0 Å². The Morgan fingerprint density at radius 3 is 2.81 bits per heavy atom. The quantitative estimate of drug-likeness (QED) is 0.686. The standard InChI is InChI=1S/C17H19N3S/c1-4-21-12-5-6-16(18-3)15(10-12)14-9-11(2)20-17-13(14)7-8-19-17/h5-10,18H,4H2,1-3H3,(H,19,20). The van der Waals surface area contributed by atoms with Crippen molar-refractivity contribution in [2.45, 2.75) is 18.7 Å². The zero-order chi connectivity index (χ0) is 14.8. The highest BCUT2D eigenvalue weighted by Crippen LogP contribution is 2.36. The van der Waals surface area contributed by atoms with Crippen molar-refractivity contribution < 1.29 is 0 Å². The van der Waals surface area contributed by atoms with Gasteiger partial charge in [0.05, 0.1) is 0 Å². The average molecular weight is 297 g/mol. The monoisotopic (exact) mass is 297 g/mol. The molecule has 2 heterocycles. The van der Waals surface area contributed by atoms with Crippen LogP contribution in [0.2, 0.25) is 0 Å². The number of aromatic nitrogens is 2. The van der Waals surface area contributed by atoms with Gasteiger partial charge < -0.3 is 10.3 Å². The van der Waals surface area contributed by atoms with Crippen LogP contribution in [0, 0.1) is 6.92 Å². The number of anilines is 1. The first kappa shape index (κ1) is 14.0. The van der Waals surface area contributed by atoms with Gasteiger partial charge in [-0.05, 0) is 48.6 Å². The van der Waals surface area contributed by atoms with Crippen molar-refractivity contribution in [3.05, 3.63) is 42.2 Å². The Hall–Kier alpha value is -1.94. The predicted molar refractivity (Wildman–Crippen MR) is 92.2 cm³/mol. The van der Waals surface area contributed by atoms with Crippen LogP contribution in [0.4, 0.5) is 5.69 Å². The number of benzene rings is 1. The second-order valence-electron chi connectivity index (χ2n) is 4.94. The summed E-state index contributed by atoms with van der Waals surface area (Å²) in [5, 5.41) is 4.46. The summed E-state index contributed by atoms with van der Waals surface area (Å²) in [5.74, 6) is 1.08. The molecule has 0 unspecified atom stereocenters. The first-order chi connectivity index (χ1) is 10.2. The molecule has 108 valence electrons. The molecule has 0 saturated carbocycles. The van der Waals surface area contributed by atoms with Gasteiger partial charge in [-0.15, -0.1) is 11.8 Å². The number of pyridine rings is 1. The molecule has 3 nitrogen and oxygen atoms in total. The minimum atomic E-state index is 0.945. The van der Waals surface area contributed by atoms with Crippen molar-refractivity contribution in [2.75, 3.05) is 18.1 Å². The maximum absolute atomic E-state index is 4.55.